The van der Waals surface area contributed by atoms with E-state index in [0.717, 1.165) is 18.9 Å². The highest BCUT2D eigenvalue weighted by Crippen LogP contribution is 2.54. The van der Waals surface area contributed by atoms with Crippen LogP contribution in [0, 0.1) is 5.41 Å². The second-order valence-electron chi connectivity index (χ2n) is 4.70. The van der Waals surface area contributed by atoms with Crippen LogP contribution in [-0.2, 0) is 11.0 Å². The van der Waals surface area contributed by atoms with Gasteiger partial charge in [0.2, 0.25) is 5.91 Å². The predicted molar refractivity (Wildman–Crippen MR) is 62.5 cm³/mol. The van der Waals surface area contributed by atoms with Crippen LogP contribution in [0.3, 0.4) is 0 Å². The average molecular weight is 273 g/mol. The summed E-state index contributed by atoms with van der Waals surface area (Å²) in [5.74, 6) is 0.290. The molecule has 18 heavy (non-hydrogen) atoms. The molecule has 1 heterocycles. The molecule has 2 aliphatic rings. The summed E-state index contributed by atoms with van der Waals surface area (Å²) in [5, 5.41) is 2.47. The molecule has 96 valence electrons. The Hall–Kier alpha value is -1.17. The normalized spacial score (nSPS) is 21.2. The van der Waals surface area contributed by atoms with Gasteiger partial charge >= 0.3 is 6.18 Å². The SMILES string of the molecule is O=C1Nc2c(cccc2C(F)(F)F)SCC12CC2. The third-order valence-electron chi connectivity index (χ3n) is 3.41. The molecule has 1 aliphatic heterocycles. The molecule has 0 bridgehead atoms. The number of benzene rings is 1. The van der Waals surface area contributed by atoms with Crippen LogP contribution < -0.4 is 5.32 Å². The molecule has 0 radical (unpaired) electrons. The van der Waals surface area contributed by atoms with Crippen LogP contribution >= 0.6 is 11.8 Å². The molecule has 1 amide bonds. The fraction of sp³-hybridized carbons (Fsp3) is 0.417. The molecule has 1 N–H and O–H groups in total. The minimum atomic E-state index is -4.44. The molecule has 0 atom stereocenters. The van der Waals surface area contributed by atoms with Crippen LogP contribution in [-0.4, -0.2) is 11.7 Å². The van der Waals surface area contributed by atoms with Gasteiger partial charge in [-0.1, -0.05) is 6.07 Å². The first-order chi connectivity index (χ1) is 8.42. The second-order valence-corrected chi connectivity index (χ2v) is 5.72. The Bertz CT molecular complexity index is 523. The minimum Gasteiger partial charge on any atom is -0.324 e. The van der Waals surface area contributed by atoms with E-state index in [2.05, 4.69) is 5.32 Å². The van der Waals surface area contributed by atoms with Gasteiger partial charge < -0.3 is 5.32 Å². The van der Waals surface area contributed by atoms with Crippen molar-refractivity contribution in [3.8, 4) is 0 Å². The summed E-state index contributed by atoms with van der Waals surface area (Å²) in [6.45, 7) is 0. The van der Waals surface area contributed by atoms with Crippen molar-refractivity contribution < 1.29 is 18.0 Å². The molecular formula is C12H10F3NOS. The Morgan fingerprint density at radius 1 is 1.28 bits per heavy atom. The number of thioether (sulfide) groups is 1. The third kappa shape index (κ3) is 1.79. The van der Waals surface area contributed by atoms with Crippen LogP contribution in [0.25, 0.3) is 0 Å². The molecule has 6 heteroatoms. The van der Waals surface area contributed by atoms with Crippen LogP contribution in [0.5, 0.6) is 0 Å². The number of halogens is 3. The number of alkyl halides is 3. The molecule has 0 saturated heterocycles. The topological polar surface area (TPSA) is 29.1 Å². The van der Waals surface area contributed by atoms with E-state index in [0.29, 0.717) is 10.6 Å². The molecule has 0 aromatic heterocycles. The van der Waals surface area contributed by atoms with Gasteiger partial charge in [-0.05, 0) is 25.0 Å². The molecule has 3 rings (SSSR count). The summed E-state index contributed by atoms with van der Waals surface area (Å²) in [7, 11) is 0. The van der Waals surface area contributed by atoms with Gasteiger partial charge in [0.25, 0.3) is 0 Å². The number of rotatable bonds is 0. The molecule has 1 aliphatic carbocycles. The highest BCUT2D eigenvalue weighted by molar-refractivity contribution is 7.99. The monoisotopic (exact) mass is 273 g/mol. The molecule has 2 nitrogen and oxygen atoms in total. The van der Waals surface area contributed by atoms with Gasteiger partial charge in [0, 0.05) is 10.6 Å². The molecule has 1 aromatic carbocycles. The summed E-state index contributed by atoms with van der Waals surface area (Å²) >= 11 is 1.33. The van der Waals surface area contributed by atoms with Crippen molar-refractivity contribution in [1.29, 1.82) is 0 Å². The average Bonchev–Trinajstić information content (AvgIpc) is 3.07. The molecule has 1 aromatic rings. The number of fused-ring (bicyclic) bond motifs is 1. The van der Waals surface area contributed by atoms with E-state index in [1.807, 2.05) is 0 Å². The zero-order chi connectivity index (χ0) is 13.0. The van der Waals surface area contributed by atoms with Gasteiger partial charge in [0.15, 0.2) is 0 Å². The quantitative estimate of drug-likeness (QED) is 0.783. The molecule has 1 fully saturated rings. The maximum Gasteiger partial charge on any atom is 0.418 e. The maximum absolute atomic E-state index is 12.9. The first-order valence-corrected chi connectivity index (χ1v) is 6.55. The summed E-state index contributed by atoms with van der Waals surface area (Å²) in [6.07, 6.45) is -2.91. The van der Waals surface area contributed by atoms with Crippen LogP contribution in [0.2, 0.25) is 0 Å². The van der Waals surface area contributed by atoms with Gasteiger partial charge in [0.05, 0.1) is 16.7 Å². The Morgan fingerprint density at radius 3 is 2.61 bits per heavy atom. The maximum atomic E-state index is 12.9. The van der Waals surface area contributed by atoms with E-state index < -0.39 is 17.2 Å². The molecule has 1 spiro atoms. The van der Waals surface area contributed by atoms with Crippen LogP contribution in [0.1, 0.15) is 18.4 Å². The van der Waals surface area contributed by atoms with Crippen molar-refractivity contribution in [1.82, 2.24) is 0 Å². The molecule has 1 saturated carbocycles. The first-order valence-electron chi connectivity index (χ1n) is 5.57. The highest BCUT2D eigenvalue weighted by atomic mass is 32.2. The fourth-order valence-corrected chi connectivity index (χ4v) is 3.40. The molecular weight excluding hydrogens is 263 g/mol. The number of anilines is 1. The van der Waals surface area contributed by atoms with Crippen molar-refractivity contribution in [2.24, 2.45) is 5.41 Å². The van der Waals surface area contributed by atoms with Crippen molar-refractivity contribution in [3.63, 3.8) is 0 Å². The van der Waals surface area contributed by atoms with Crippen molar-refractivity contribution in [2.75, 3.05) is 11.1 Å². The Labute approximate surface area is 106 Å². The summed E-state index contributed by atoms with van der Waals surface area (Å²) in [6, 6.07) is 4.01. The van der Waals surface area contributed by atoms with Crippen LogP contribution in [0.15, 0.2) is 23.1 Å². The van der Waals surface area contributed by atoms with Crippen LogP contribution in [0.4, 0.5) is 18.9 Å². The van der Waals surface area contributed by atoms with E-state index >= 15 is 0 Å². The van der Waals surface area contributed by atoms with Gasteiger partial charge in [-0.15, -0.1) is 11.8 Å². The summed E-state index contributed by atoms with van der Waals surface area (Å²) in [4.78, 5) is 12.5. The number of carbonyl (C=O) groups is 1. The first kappa shape index (κ1) is 11.9. The molecule has 0 unspecified atom stereocenters. The summed E-state index contributed by atoms with van der Waals surface area (Å²) in [5.41, 5.74) is -1.28. The standard InChI is InChI=1S/C12H10F3NOS/c13-12(14,15)7-2-1-3-8-9(7)16-10(17)11(4-5-11)6-18-8/h1-3H,4-6H2,(H,16,17). The Morgan fingerprint density at radius 2 is 2.00 bits per heavy atom. The Balaban J connectivity index is 2.07. The number of amides is 1. The Kier molecular flexibility index (Phi) is 2.42. The zero-order valence-corrected chi connectivity index (χ0v) is 10.1. The fourth-order valence-electron chi connectivity index (χ4n) is 2.07. The number of carbonyl (C=O) groups excluding carboxylic acids is 1. The lowest BCUT2D eigenvalue weighted by Crippen LogP contribution is -2.25. The van der Waals surface area contributed by atoms with Gasteiger partial charge in [-0.3, -0.25) is 4.79 Å². The lowest BCUT2D eigenvalue weighted by atomic mass is 10.1. The van der Waals surface area contributed by atoms with Gasteiger partial charge in [-0.2, -0.15) is 13.2 Å². The zero-order valence-electron chi connectivity index (χ0n) is 9.30. The smallest absolute Gasteiger partial charge is 0.324 e. The summed E-state index contributed by atoms with van der Waals surface area (Å²) < 4.78 is 38.6. The van der Waals surface area contributed by atoms with Crippen molar-refractivity contribution in [2.45, 2.75) is 23.9 Å². The van der Waals surface area contributed by atoms with E-state index in [1.165, 1.54) is 17.8 Å². The highest BCUT2D eigenvalue weighted by Gasteiger charge is 2.51. The van der Waals surface area contributed by atoms with Crippen molar-refractivity contribution in [3.05, 3.63) is 23.8 Å². The number of hydrogen-bond donors (Lipinski definition) is 1. The minimum absolute atomic E-state index is 0.0798. The third-order valence-corrected chi connectivity index (χ3v) is 4.76. The van der Waals surface area contributed by atoms with Crippen molar-refractivity contribution >= 4 is 23.4 Å². The second kappa shape index (κ2) is 3.66. The number of hydrogen-bond acceptors (Lipinski definition) is 2. The van der Waals surface area contributed by atoms with Gasteiger partial charge in [-0.25, -0.2) is 0 Å². The van der Waals surface area contributed by atoms with E-state index in [9.17, 15) is 18.0 Å². The van der Waals surface area contributed by atoms with Gasteiger partial charge in [0.1, 0.15) is 0 Å². The lowest BCUT2D eigenvalue weighted by Gasteiger charge is -2.15. The van der Waals surface area contributed by atoms with E-state index in [1.54, 1.807) is 6.07 Å². The van der Waals surface area contributed by atoms with E-state index in [-0.39, 0.29) is 11.6 Å². The largest absolute Gasteiger partial charge is 0.418 e. The number of nitrogens with one attached hydrogen (secondary N) is 1. The lowest BCUT2D eigenvalue weighted by molar-refractivity contribution is -0.137. The van der Waals surface area contributed by atoms with E-state index in [4.69, 9.17) is 0 Å². The predicted octanol–water partition coefficient (Wildman–Crippen LogP) is 3.53. The number of para-hydroxylation sites is 1.